The number of hydrogen-bond donors (Lipinski definition) is 1. The van der Waals surface area contributed by atoms with E-state index in [9.17, 15) is 0 Å². The van der Waals surface area contributed by atoms with Gasteiger partial charge in [0.25, 0.3) is 0 Å². The van der Waals surface area contributed by atoms with Crippen molar-refractivity contribution in [2.75, 3.05) is 33.4 Å². The van der Waals surface area contributed by atoms with Gasteiger partial charge in [-0.1, -0.05) is 0 Å². The molecular formula is C19H28N6O. The smallest absolute Gasteiger partial charge is 0.194 e. The molecule has 1 aliphatic rings. The van der Waals surface area contributed by atoms with E-state index in [2.05, 4.69) is 27.2 Å². The van der Waals surface area contributed by atoms with Gasteiger partial charge >= 0.3 is 0 Å². The van der Waals surface area contributed by atoms with E-state index in [4.69, 9.17) is 9.73 Å². The molecule has 2 heterocycles. The largest absolute Gasteiger partial charge is 0.379 e. The molecule has 1 N–H and O–H groups in total. The van der Waals surface area contributed by atoms with Crippen molar-refractivity contribution < 1.29 is 4.74 Å². The molecule has 7 nitrogen and oxygen atoms in total. The lowest BCUT2D eigenvalue weighted by Crippen LogP contribution is -2.40. The molecule has 0 aliphatic heterocycles. The molecule has 1 saturated carbocycles. The van der Waals surface area contributed by atoms with E-state index in [0.717, 1.165) is 49.6 Å². The van der Waals surface area contributed by atoms with Crippen molar-refractivity contribution in [1.82, 2.24) is 25.0 Å². The predicted octanol–water partition coefficient (Wildman–Crippen LogP) is 2.09. The molecule has 0 saturated heterocycles. The van der Waals surface area contributed by atoms with Gasteiger partial charge in [-0.05, 0) is 49.4 Å². The summed E-state index contributed by atoms with van der Waals surface area (Å²) in [6.07, 6.45) is 8.08. The van der Waals surface area contributed by atoms with Crippen LogP contribution in [0.5, 0.6) is 0 Å². The van der Waals surface area contributed by atoms with Crippen LogP contribution in [-0.4, -0.2) is 59.0 Å². The van der Waals surface area contributed by atoms with Crippen molar-refractivity contribution in [2.24, 2.45) is 10.9 Å². The third-order valence-electron chi connectivity index (χ3n) is 4.28. The molecule has 2 aromatic heterocycles. The molecule has 26 heavy (non-hydrogen) atoms. The van der Waals surface area contributed by atoms with Crippen LogP contribution >= 0.6 is 0 Å². The zero-order chi connectivity index (χ0) is 18.2. The number of ether oxygens (including phenoxy) is 1. The van der Waals surface area contributed by atoms with E-state index in [1.54, 1.807) is 17.1 Å². The first-order valence-corrected chi connectivity index (χ1v) is 9.28. The summed E-state index contributed by atoms with van der Waals surface area (Å²) in [4.78, 5) is 11.2. The molecule has 0 amide bonds. The summed E-state index contributed by atoms with van der Waals surface area (Å²) < 4.78 is 7.49. The van der Waals surface area contributed by atoms with Gasteiger partial charge in [-0.25, -0.2) is 14.7 Å². The Balaban J connectivity index is 1.56. The number of rotatable bonds is 9. The maximum absolute atomic E-state index is 5.73. The molecule has 0 bridgehead atoms. The van der Waals surface area contributed by atoms with Gasteiger partial charge in [0.15, 0.2) is 11.8 Å². The maximum atomic E-state index is 5.73. The van der Waals surface area contributed by atoms with Crippen molar-refractivity contribution in [1.29, 1.82) is 0 Å². The van der Waals surface area contributed by atoms with Crippen molar-refractivity contribution >= 4 is 5.96 Å². The first-order chi connectivity index (χ1) is 12.8. The van der Waals surface area contributed by atoms with Crippen molar-refractivity contribution in [3.63, 3.8) is 0 Å². The highest BCUT2D eigenvalue weighted by Gasteiger charge is 2.21. The lowest BCUT2D eigenvalue weighted by molar-refractivity contribution is 0.115. The van der Waals surface area contributed by atoms with Gasteiger partial charge in [0.1, 0.15) is 0 Å². The number of guanidine groups is 1. The average molecular weight is 356 g/mol. The number of aliphatic imine (C=N–C) groups is 1. The summed E-state index contributed by atoms with van der Waals surface area (Å²) in [6, 6.07) is 5.88. The second-order valence-corrected chi connectivity index (χ2v) is 6.58. The van der Waals surface area contributed by atoms with Gasteiger partial charge in [0, 0.05) is 45.3 Å². The van der Waals surface area contributed by atoms with Crippen molar-refractivity contribution in [3.05, 3.63) is 42.4 Å². The van der Waals surface area contributed by atoms with E-state index in [1.165, 1.54) is 12.8 Å². The van der Waals surface area contributed by atoms with Gasteiger partial charge in [-0.15, -0.1) is 0 Å². The Morgan fingerprint density at radius 1 is 1.42 bits per heavy atom. The highest BCUT2D eigenvalue weighted by atomic mass is 16.5. The minimum atomic E-state index is 0.590. The SMILES string of the molecule is CCNC(=NCc1ccnc(-n2cccn2)c1)N(C)CCOCC1CC1. The van der Waals surface area contributed by atoms with E-state index >= 15 is 0 Å². The second kappa shape index (κ2) is 9.33. The summed E-state index contributed by atoms with van der Waals surface area (Å²) >= 11 is 0. The molecule has 0 aromatic carbocycles. The molecule has 140 valence electrons. The number of pyridine rings is 1. The third kappa shape index (κ3) is 5.56. The fraction of sp³-hybridized carbons (Fsp3) is 0.526. The molecule has 1 fully saturated rings. The summed E-state index contributed by atoms with van der Waals surface area (Å²) in [5.41, 5.74) is 1.10. The standard InChI is InChI=1S/C19H28N6O/c1-3-20-19(24(2)11-12-26-15-16-5-6-16)22-14-17-7-9-21-18(13-17)25-10-4-8-23-25/h4,7-10,13,16H,3,5-6,11-12,14-15H2,1-2H3,(H,20,22). The minimum absolute atomic E-state index is 0.590. The van der Waals surface area contributed by atoms with E-state index in [1.807, 2.05) is 31.4 Å². The zero-order valence-electron chi connectivity index (χ0n) is 15.6. The fourth-order valence-electron chi connectivity index (χ4n) is 2.57. The fourth-order valence-corrected chi connectivity index (χ4v) is 2.57. The lowest BCUT2D eigenvalue weighted by atomic mass is 10.2. The number of nitrogens with zero attached hydrogens (tertiary/aromatic N) is 5. The Labute approximate surface area is 155 Å². The Morgan fingerprint density at radius 3 is 3.04 bits per heavy atom. The van der Waals surface area contributed by atoms with Crippen LogP contribution in [0, 0.1) is 5.92 Å². The highest BCUT2D eigenvalue weighted by molar-refractivity contribution is 5.79. The highest BCUT2D eigenvalue weighted by Crippen LogP contribution is 2.28. The first-order valence-electron chi connectivity index (χ1n) is 9.28. The molecule has 0 atom stereocenters. The van der Waals surface area contributed by atoms with Gasteiger partial charge in [-0.2, -0.15) is 5.10 Å². The van der Waals surface area contributed by atoms with Gasteiger partial charge < -0.3 is 15.0 Å². The second-order valence-electron chi connectivity index (χ2n) is 6.58. The van der Waals surface area contributed by atoms with Crippen LogP contribution in [0.4, 0.5) is 0 Å². The van der Waals surface area contributed by atoms with Crippen LogP contribution in [0.25, 0.3) is 5.82 Å². The quantitative estimate of drug-likeness (QED) is 0.423. The lowest BCUT2D eigenvalue weighted by Gasteiger charge is -2.22. The summed E-state index contributed by atoms with van der Waals surface area (Å²) in [5.74, 6) is 2.49. The Morgan fingerprint density at radius 2 is 2.31 bits per heavy atom. The molecule has 7 heteroatoms. The third-order valence-corrected chi connectivity index (χ3v) is 4.28. The number of nitrogens with one attached hydrogen (secondary N) is 1. The van der Waals surface area contributed by atoms with Crippen LogP contribution < -0.4 is 5.32 Å². The zero-order valence-corrected chi connectivity index (χ0v) is 15.6. The Hall–Kier alpha value is -2.41. The van der Waals surface area contributed by atoms with E-state index in [0.29, 0.717) is 6.54 Å². The molecule has 1 aliphatic carbocycles. The average Bonchev–Trinajstić information content (AvgIpc) is 3.32. The van der Waals surface area contributed by atoms with Crippen molar-refractivity contribution in [3.8, 4) is 5.82 Å². The summed E-state index contributed by atoms with van der Waals surface area (Å²) in [5, 5.41) is 7.57. The van der Waals surface area contributed by atoms with Gasteiger partial charge in [0.05, 0.1) is 13.2 Å². The normalized spacial score (nSPS) is 14.5. The molecule has 0 unspecified atom stereocenters. The Bertz CT molecular complexity index is 696. The molecule has 2 aromatic rings. The summed E-state index contributed by atoms with van der Waals surface area (Å²) in [7, 11) is 2.05. The number of likely N-dealkylation sites (N-methyl/N-ethyl adjacent to an activating group) is 1. The van der Waals surface area contributed by atoms with Gasteiger partial charge in [-0.3, -0.25) is 0 Å². The van der Waals surface area contributed by atoms with Crippen LogP contribution in [0.2, 0.25) is 0 Å². The monoisotopic (exact) mass is 356 g/mol. The van der Waals surface area contributed by atoms with Crippen LogP contribution in [0.3, 0.4) is 0 Å². The molecular weight excluding hydrogens is 328 g/mol. The van der Waals surface area contributed by atoms with Crippen LogP contribution in [-0.2, 0) is 11.3 Å². The van der Waals surface area contributed by atoms with Crippen LogP contribution in [0.15, 0.2) is 41.8 Å². The topological polar surface area (TPSA) is 67.6 Å². The minimum Gasteiger partial charge on any atom is -0.379 e. The molecule has 3 rings (SSSR count). The van der Waals surface area contributed by atoms with E-state index < -0.39 is 0 Å². The number of aromatic nitrogens is 3. The van der Waals surface area contributed by atoms with Gasteiger partial charge in [0.2, 0.25) is 0 Å². The Kier molecular flexibility index (Phi) is 6.60. The van der Waals surface area contributed by atoms with Crippen molar-refractivity contribution in [2.45, 2.75) is 26.3 Å². The predicted molar refractivity (Wildman–Crippen MR) is 102 cm³/mol. The molecule has 0 radical (unpaired) electrons. The molecule has 0 spiro atoms. The van der Waals surface area contributed by atoms with Crippen LogP contribution in [0.1, 0.15) is 25.3 Å². The van der Waals surface area contributed by atoms with E-state index in [-0.39, 0.29) is 0 Å². The number of hydrogen-bond acceptors (Lipinski definition) is 4. The first kappa shape index (κ1) is 18.4. The maximum Gasteiger partial charge on any atom is 0.194 e. The summed E-state index contributed by atoms with van der Waals surface area (Å²) in [6.45, 7) is 5.96.